The summed E-state index contributed by atoms with van der Waals surface area (Å²) >= 11 is 0. The molecule has 0 N–H and O–H groups in total. The number of anilines is 1. The summed E-state index contributed by atoms with van der Waals surface area (Å²) in [6, 6.07) is 5.48. The van der Waals surface area contributed by atoms with Crippen molar-refractivity contribution in [3.05, 3.63) is 35.5 Å². The van der Waals surface area contributed by atoms with Gasteiger partial charge < -0.3 is 4.90 Å². The molecule has 5 heteroatoms. The molecule has 3 rings (SSSR count). The number of nitrogens with zero attached hydrogens (tertiary/aromatic N) is 3. The van der Waals surface area contributed by atoms with Crippen LogP contribution in [0.4, 0.5) is 5.82 Å². The van der Waals surface area contributed by atoms with Crippen molar-refractivity contribution in [3.63, 3.8) is 0 Å². The molecule has 3 heterocycles. The van der Waals surface area contributed by atoms with E-state index in [1.54, 1.807) is 11.1 Å². The van der Waals surface area contributed by atoms with Crippen molar-refractivity contribution in [2.45, 2.75) is 26.7 Å². The van der Waals surface area contributed by atoms with Gasteiger partial charge in [-0.05, 0) is 32.4 Å². The number of rotatable bonds is 2. The molecule has 0 bridgehead atoms. The lowest BCUT2D eigenvalue weighted by atomic mass is 10.00. The molecule has 116 valence electrons. The maximum atomic E-state index is 12.7. The Morgan fingerprint density at radius 3 is 2.77 bits per heavy atom. The van der Waals surface area contributed by atoms with E-state index in [0.717, 1.165) is 13.0 Å². The van der Waals surface area contributed by atoms with Crippen molar-refractivity contribution in [1.82, 2.24) is 9.88 Å². The summed E-state index contributed by atoms with van der Waals surface area (Å²) in [6.45, 7) is 6.09. The lowest BCUT2D eigenvalue weighted by molar-refractivity contribution is -0.135. The quantitative estimate of drug-likeness (QED) is 0.785. The fraction of sp³-hybridized carbons (Fsp3) is 0.471. The predicted octanol–water partition coefficient (Wildman–Crippen LogP) is 2.00. The van der Waals surface area contributed by atoms with Gasteiger partial charge in [0.2, 0.25) is 11.8 Å². The Morgan fingerprint density at radius 1 is 1.27 bits per heavy atom. The summed E-state index contributed by atoms with van der Waals surface area (Å²) < 4.78 is 0. The first-order valence-corrected chi connectivity index (χ1v) is 7.71. The minimum atomic E-state index is -0.249. The van der Waals surface area contributed by atoms with E-state index in [1.165, 1.54) is 11.1 Å². The van der Waals surface area contributed by atoms with Crippen LogP contribution in [-0.2, 0) is 9.59 Å². The van der Waals surface area contributed by atoms with Crippen molar-refractivity contribution in [3.8, 4) is 0 Å². The smallest absolute Gasteiger partial charge is 0.229 e. The van der Waals surface area contributed by atoms with Gasteiger partial charge >= 0.3 is 0 Å². The van der Waals surface area contributed by atoms with Gasteiger partial charge in [-0.15, -0.1) is 0 Å². The highest BCUT2D eigenvalue weighted by molar-refractivity contribution is 5.99. The van der Waals surface area contributed by atoms with Gasteiger partial charge in [-0.2, -0.15) is 0 Å². The Labute approximate surface area is 130 Å². The number of carbonyl (C=O) groups is 2. The number of hydrogen-bond donors (Lipinski definition) is 0. The lowest BCUT2D eigenvalue weighted by Gasteiger charge is -2.30. The molecule has 0 radical (unpaired) electrons. The molecular weight excluding hydrogens is 278 g/mol. The van der Waals surface area contributed by atoms with Gasteiger partial charge in [0.15, 0.2) is 0 Å². The standard InChI is InChI=1S/C17H21N3O2/c1-12-6-8-19(10-13(12)2)17(22)14-9-16(21)20(11-14)15-5-3-4-7-18-15/h3-5,7,14H,6,8-11H2,1-2H3. The van der Waals surface area contributed by atoms with Crippen LogP contribution < -0.4 is 4.90 Å². The summed E-state index contributed by atoms with van der Waals surface area (Å²) in [5, 5.41) is 0. The van der Waals surface area contributed by atoms with E-state index in [0.29, 0.717) is 18.9 Å². The largest absolute Gasteiger partial charge is 0.338 e. The highest BCUT2D eigenvalue weighted by Crippen LogP contribution is 2.26. The molecule has 2 aliphatic rings. The molecule has 0 spiro atoms. The molecule has 2 amide bonds. The fourth-order valence-electron chi connectivity index (χ4n) is 3.07. The molecule has 0 saturated carbocycles. The molecule has 1 saturated heterocycles. The van der Waals surface area contributed by atoms with Crippen molar-refractivity contribution in [2.75, 3.05) is 24.5 Å². The Bertz CT molecular complexity index is 624. The van der Waals surface area contributed by atoms with Crippen molar-refractivity contribution < 1.29 is 9.59 Å². The topological polar surface area (TPSA) is 53.5 Å². The number of carbonyl (C=O) groups excluding carboxylic acids is 2. The zero-order valence-corrected chi connectivity index (χ0v) is 13.1. The van der Waals surface area contributed by atoms with Crippen LogP contribution in [0.2, 0.25) is 0 Å². The van der Waals surface area contributed by atoms with Crippen LogP contribution in [0, 0.1) is 5.92 Å². The van der Waals surface area contributed by atoms with E-state index < -0.39 is 0 Å². The maximum Gasteiger partial charge on any atom is 0.229 e. The zero-order chi connectivity index (χ0) is 15.7. The van der Waals surface area contributed by atoms with Crippen LogP contribution in [0.25, 0.3) is 0 Å². The van der Waals surface area contributed by atoms with Gasteiger partial charge in [0.25, 0.3) is 0 Å². The Hall–Kier alpha value is -2.17. The second kappa shape index (κ2) is 5.91. The third-order valence-corrected chi connectivity index (χ3v) is 4.63. The van der Waals surface area contributed by atoms with Gasteiger partial charge in [0.1, 0.15) is 5.82 Å². The molecule has 1 aromatic heterocycles. The average molecular weight is 299 g/mol. The van der Waals surface area contributed by atoms with Crippen molar-refractivity contribution in [2.24, 2.45) is 5.92 Å². The van der Waals surface area contributed by atoms with Gasteiger partial charge in [0.05, 0.1) is 5.92 Å². The SMILES string of the molecule is CC1=C(C)CN(C(=O)C2CC(=O)N(c3ccccn3)C2)CC1. The van der Waals surface area contributed by atoms with Crippen LogP contribution in [-0.4, -0.2) is 41.3 Å². The highest BCUT2D eigenvalue weighted by Gasteiger charge is 2.38. The van der Waals surface area contributed by atoms with Gasteiger partial charge in [-0.1, -0.05) is 17.2 Å². The first-order chi connectivity index (χ1) is 10.6. The first-order valence-electron chi connectivity index (χ1n) is 7.71. The number of amides is 2. The van der Waals surface area contributed by atoms with Crippen LogP contribution in [0.5, 0.6) is 0 Å². The molecule has 0 aliphatic carbocycles. The molecule has 1 unspecified atom stereocenters. The van der Waals surface area contributed by atoms with Crippen LogP contribution in [0.1, 0.15) is 26.7 Å². The van der Waals surface area contributed by atoms with E-state index in [-0.39, 0.29) is 24.2 Å². The molecular formula is C17H21N3O2. The number of pyridine rings is 1. The summed E-state index contributed by atoms with van der Waals surface area (Å²) in [4.78, 5) is 32.6. The molecule has 1 atom stereocenters. The summed E-state index contributed by atoms with van der Waals surface area (Å²) in [5.74, 6) is 0.463. The molecule has 1 aromatic rings. The van der Waals surface area contributed by atoms with E-state index in [1.807, 2.05) is 23.1 Å². The molecule has 0 aromatic carbocycles. The highest BCUT2D eigenvalue weighted by atomic mass is 16.2. The molecule has 2 aliphatic heterocycles. The third kappa shape index (κ3) is 2.75. The minimum Gasteiger partial charge on any atom is -0.338 e. The normalized spacial score (nSPS) is 22.5. The number of aromatic nitrogens is 1. The van der Waals surface area contributed by atoms with E-state index >= 15 is 0 Å². The van der Waals surface area contributed by atoms with E-state index in [9.17, 15) is 9.59 Å². The predicted molar refractivity (Wildman–Crippen MR) is 84.3 cm³/mol. The Balaban J connectivity index is 1.70. The monoisotopic (exact) mass is 299 g/mol. The van der Waals surface area contributed by atoms with Crippen LogP contribution in [0.3, 0.4) is 0 Å². The summed E-state index contributed by atoms with van der Waals surface area (Å²) in [6.07, 6.45) is 2.88. The van der Waals surface area contributed by atoms with Gasteiger partial charge in [-0.3, -0.25) is 14.5 Å². The molecule has 5 nitrogen and oxygen atoms in total. The summed E-state index contributed by atoms with van der Waals surface area (Å²) in [5.41, 5.74) is 2.65. The Morgan fingerprint density at radius 2 is 2.09 bits per heavy atom. The van der Waals surface area contributed by atoms with Crippen LogP contribution in [0.15, 0.2) is 35.5 Å². The van der Waals surface area contributed by atoms with Crippen LogP contribution >= 0.6 is 0 Å². The zero-order valence-electron chi connectivity index (χ0n) is 13.1. The average Bonchev–Trinajstić information content (AvgIpc) is 2.92. The minimum absolute atomic E-state index is 0.0162. The second-order valence-corrected chi connectivity index (χ2v) is 6.16. The van der Waals surface area contributed by atoms with Crippen molar-refractivity contribution in [1.29, 1.82) is 0 Å². The van der Waals surface area contributed by atoms with Gasteiger partial charge in [-0.25, -0.2) is 4.98 Å². The Kier molecular flexibility index (Phi) is 3.96. The second-order valence-electron chi connectivity index (χ2n) is 6.16. The molecule has 22 heavy (non-hydrogen) atoms. The van der Waals surface area contributed by atoms with Crippen molar-refractivity contribution >= 4 is 17.6 Å². The fourth-order valence-corrected chi connectivity index (χ4v) is 3.07. The molecule has 1 fully saturated rings. The first kappa shape index (κ1) is 14.8. The van der Waals surface area contributed by atoms with Gasteiger partial charge in [0, 0.05) is 32.3 Å². The summed E-state index contributed by atoms with van der Waals surface area (Å²) in [7, 11) is 0. The van der Waals surface area contributed by atoms with E-state index in [4.69, 9.17) is 0 Å². The third-order valence-electron chi connectivity index (χ3n) is 4.63. The maximum absolute atomic E-state index is 12.7. The lowest BCUT2D eigenvalue weighted by Crippen LogP contribution is -2.41. The van der Waals surface area contributed by atoms with E-state index in [2.05, 4.69) is 18.8 Å². The number of hydrogen-bond acceptors (Lipinski definition) is 3.